The second kappa shape index (κ2) is 7.20. The molecule has 0 aliphatic carbocycles. The van der Waals surface area contributed by atoms with Gasteiger partial charge >= 0.3 is 0 Å². The van der Waals surface area contributed by atoms with Gasteiger partial charge in [-0.05, 0) is 36.4 Å². The first-order chi connectivity index (χ1) is 10.6. The molecule has 0 aliphatic heterocycles. The lowest BCUT2D eigenvalue weighted by atomic mass is 10.2. The van der Waals surface area contributed by atoms with Gasteiger partial charge in [-0.1, -0.05) is 11.6 Å². The van der Waals surface area contributed by atoms with E-state index in [4.69, 9.17) is 16.9 Å². The molecule has 0 radical (unpaired) electrons. The number of nitrogens with one attached hydrogen (secondary N) is 2. The monoisotopic (exact) mass is 316 g/mol. The molecule has 0 fully saturated rings. The van der Waals surface area contributed by atoms with E-state index < -0.39 is 11.7 Å². The molecule has 0 spiro atoms. The van der Waals surface area contributed by atoms with Gasteiger partial charge < -0.3 is 10.6 Å². The Bertz CT molecular complexity index is 753. The zero-order chi connectivity index (χ0) is 15.9. The number of benzene rings is 1. The summed E-state index contributed by atoms with van der Waals surface area (Å²) in [5, 5.41) is 14.5. The fraction of sp³-hybridized carbons (Fsp3) is 0. The maximum Gasteiger partial charge on any atom is 0.267 e. The quantitative estimate of drug-likeness (QED) is 0.515. The fourth-order valence-corrected chi connectivity index (χ4v) is 1.70. The van der Waals surface area contributed by atoms with Crippen molar-refractivity contribution in [1.82, 2.24) is 4.98 Å². The highest BCUT2D eigenvalue weighted by Crippen LogP contribution is 2.18. The van der Waals surface area contributed by atoms with Gasteiger partial charge in [-0.3, -0.25) is 4.79 Å². The van der Waals surface area contributed by atoms with Gasteiger partial charge in [-0.25, -0.2) is 9.37 Å². The largest absolute Gasteiger partial charge is 0.358 e. The number of anilines is 2. The molecule has 0 saturated carbocycles. The molecule has 5 nitrogen and oxygen atoms in total. The summed E-state index contributed by atoms with van der Waals surface area (Å²) < 4.78 is 12.8. The molecular weight excluding hydrogens is 307 g/mol. The van der Waals surface area contributed by atoms with Crippen LogP contribution in [-0.4, -0.2) is 10.9 Å². The Morgan fingerprint density at radius 1 is 1.32 bits per heavy atom. The molecule has 1 aromatic heterocycles. The van der Waals surface area contributed by atoms with E-state index >= 15 is 0 Å². The first-order valence-corrected chi connectivity index (χ1v) is 6.52. The number of nitrogens with zero attached hydrogens (tertiary/aromatic N) is 2. The van der Waals surface area contributed by atoms with E-state index in [0.29, 0.717) is 11.4 Å². The molecule has 1 amide bonds. The summed E-state index contributed by atoms with van der Waals surface area (Å²) in [6, 6.07) is 10.3. The highest BCUT2D eigenvalue weighted by Gasteiger charge is 2.09. The van der Waals surface area contributed by atoms with Crippen LogP contribution in [0.5, 0.6) is 0 Å². The van der Waals surface area contributed by atoms with Crippen LogP contribution in [0.2, 0.25) is 5.15 Å². The van der Waals surface area contributed by atoms with Crippen LogP contribution in [0.15, 0.2) is 54.4 Å². The number of hydrogen-bond donors (Lipinski definition) is 2. The maximum absolute atomic E-state index is 12.8. The van der Waals surface area contributed by atoms with Gasteiger partial charge in [-0.2, -0.15) is 5.26 Å². The molecule has 22 heavy (non-hydrogen) atoms. The molecule has 7 heteroatoms. The third-order valence-electron chi connectivity index (χ3n) is 2.60. The van der Waals surface area contributed by atoms with Crippen molar-refractivity contribution in [3.63, 3.8) is 0 Å². The minimum atomic E-state index is -0.623. The third kappa shape index (κ3) is 4.04. The number of carbonyl (C=O) groups excluding carboxylic acids is 1. The Balaban J connectivity index is 2.09. The van der Waals surface area contributed by atoms with Crippen molar-refractivity contribution in [3.8, 4) is 6.07 Å². The Kier molecular flexibility index (Phi) is 5.07. The molecule has 0 aliphatic rings. The molecule has 110 valence electrons. The smallest absolute Gasteiger partial charge is 0.267 e. The summed E-state index contributed by atoms with van der Waals surface area (Å²) in [6.45, 7) is 0. The lowest BCUT2D eigenvalue weighted by molar-refractivity contribution is -0.112. The van der Waals surface area contributed by atoms with Crippen LogP contribution in [0.4, 0.5) is 15.8 Å². The van der Waals surface area contributed by atoms with Crippen molar-refractivity contribution < 1.29 is 9.18 Å². The van der Waals surface area contributed by atoms with Gasteiger partial charge in [0.2, 0.25) is 0 Å². The SMILES string of the molecule is N#C/C(=C/Nc1cccnc1Cl)C(=O)Nc1ccc(F)cc1. The van der Waals surface area contributed by atoms with Gasteiger partial charge in [0.25, 0.3) is 5.91 Å². The van der Waals surface area contributed by atoms with Crippen LogP contribution in [0.25, 0.3) is 0 Å². The van der Waals surface area contributed by atoms with E-state index in [1.54, 1.807) is 18.2 Å². The van der Waals surface area contributed by atoms with E-state index in [1.807, 2.05) is 0 Å². The molecular formula is C15H10ClFN4O. The average molecular weight is 317 g/mol. The van der Waals surface area contributed by atoms with Gasteiger partial charge in [0.15, 0.2) is 5.15 Å². The molecule has 0 atom stereocenters. The van der Waals surface area contributed by atoms with E-state index in [0.717, 1.165) is 0 Å². The number of amides is 1. The summed E-state index contributed by atoms with van der Waals surface area (Å²) in [7, 11) is 0. The summed E-state index contributed by atoms with van der Waals surface area (Å²) in [5.74, 6) is -1.04. The number of nitriles is 1. The minimum absolute atomic E-state index is 0.163. The van der Waals surface area contributed by atoms with Crippen molar-refractivity contribution >= 4 is 28.9 Å². The summed E-state index contributed by atoms with van der Waals surface area (Å²) in [5.41, 5.74) is 0.683. The van der Waals surface area contributed by atoms with Gasteiger partial charge in [0.05, 0.1) is 5.69 Å². The first kappa shape index (κ1) is 15.5. The molecule has 0 unspecified atom stereocenters. The molecule has 2 aromatic rings. The molecule has 1 heterocycles. The van der Waals surface area contributed by atoms with Crippen LogP contribution in [0.3, 0.4) is 0 Å². The number of halogens is 2. The summed E-state index contributed by atoms with van der Waals surface area (Å²) in [4.78, 5) is 15.8. The normalized spacial score (nSPS) is 10.7. The predicted molar refractivity (Wildman–Crippen MR) is 81.6 cm³/mol. The van der Waals surface area contributed by atoms with E-state index in [9.17, 15) is 9.18 Å². The van der Waals surface area contributed by atoms with Crippen LogP contribution in [0, 0.1) is 17.1 Å². The van der Waals surface area contributed by atoms with Crippen molar-refractivity contribution in [1.29, 1.82) is 5.26 Å². The van der Waals surface area contributed by atoms with Crippen molar-refractivity contribution in [2.75, 3.05) is 10.6 Å². The zero-order valence-corrected chi connectivity index (χ0v) is 11.9. The van der Waals surface area contributed by atoms with E-state index in [1.165, 1.54) is 36.7 Å². The first-order valence-electron chi connectivity index (χ1n) is 6.14. The summed E-state index contributed by atoms with van der Waals surface area (Å²) >= 11 is 5.85. The summed E-state index contributed by atoms with van der Waals surface area (Å²) in [6.07, 6.45) is 2.74. The lowest BCUT2D eigenvalue weighted by Crippen LogP contribution is -2.14. The van der Waals surface area contributed by atoms with Crippen molar-refractivity contribution in [2.24, 2.45) is 0 Å². The number of aromatic nitrogens is 1. The van der Waals surface area contributed by atoms with E-state index in [2.05, 4.69) is 15.6 Å². The Morgan fingerprint density at radius 3 is 2.68 bits per heavy atom. The maximum atomic E-state index is 12.8. The average Bonchev–Trinajstić information content (AvgIpc) is 2.52. The second-order valence-electron chi connectivity index (χ2n) is 4.12. The van der Waals surface area contributed by atoms with Gasteiger partial charge in [-0.15, -0.1) is 0 Å². The molecule has 0 bridgehead atoms. The third-order valence-corrected chi connectivity index (χ3v) is 2.90. The van der Waals surface area contributed by atoms with Crippen LogP contribution >= 0.6 is 11.6 Å². The fourth-order valence-electron chi connectivity index (χ4n) is 1.52. The Morgan fingerprint density at radius 2 is 2.05 bits per heavy atom. The number of rotatable bonds is 4. The highest BCUT2D eigenvalue weighted by atomic mass is 35.5. The van der Waals surface area contributed by atoms with Crippen molar-refractivity contribution in [2.45, 2.75) is 0 Å². The standard InChI is InChI=1S/C15H10ClFN4O/c16-14-13(2-1-7-19-14)20-9-10(8-18)15(22)21-12-5-3-11(17)4-6-12/h1-7,9,20H,(H,21,22)/b10-9-. The number of pyridine rings is 1. The van der Waals surface area contributed by atoms with Gasteiger partial charge in [0, 0.05) is 18.1 Å². The molecule has 1 aromatic carbocycles. The zero-order valence-electron chi connectivity index (χ0n) is 11.2. The van der Waals surface area contributed by atoms with Crippen LogP contribution in [-0.2, 0) is 4.79 Å². The van der Waals surface area contributed by atoms with Crippen LogP contribution in [0.1, 0.15) is 0 Å². The predicted octanol–water partition coefficient (Wildman–Crippen LogP) is 3.33. The molecule has 0 saturated heterocycles. The molecule has 2 N–H and O–H groups in total. The van der Waals surface area contributed by atoms with Gasteiger partial charge in [0.1, 0.15) is 17.5 Å². The minimum Gasteiger partial charge on any atom is -0.358 e. The topological polar surface area (TPSA) is 77.8 Å². The van der Waals surface area contributed by atoms with Crippen molar-refractivity contribution in [3.05, 3.63) is 65.3 Å². The highest BCUT2D eigenvalue weighted by molar-refractivity contribution is 6.32. The van der Waals surface area contributed by atoms with E-state index in [-0.39, 0.29) is 10.7 Å². The Hall–Kier alpha value is -2.91. The molecule has 2 rings (SSSR count). The number of carbonyl (C=O) groups is 1. The lowest BCUT2D eigenvalue weighted by Gasteiger charge is -2.05. The van der Waals surface area contributed by atoms with Crippen LogP contribution < -0.4 is 10.6 Å². The second-order valence-corrected chi connectivity index (χ2v) is 4.47. The number of hydrogen-bond acceptors (Lipinski definition) is 4. The Labute approximate surface area is 131 Å².